The van der Waals surface area contributed by atoms with Crippen LogP contribution in [0.2, 0.25) is 0 Å². The van der Waals surface area contributed by atoms with E-state index in [1.54, 1.807) is 0 Å². The SMILES string of the molecule is c1ccc(-c2nc(-c3cc(-c4ccc5oc6ccccc6c5c4)cc(-c4ccc5oc6ccccc6c5c4)c3)cc(-c3cccc(-c4ccc5ccc6cccnc6c5n4)c3)n2)cc1. The normalized spacial score (nSPS) is 11.8. The lowest BCUT2D eigenvalue weighted by molar-refractivity contribution is 0.668. The molecule has 6 nitrogen and oxygen atoms in total. The molecule has 298 valence electrons. The highest BCUT2D eigenvalue weighted by atomic mass is 16.3. The Kier molecular flexibility index (Phi) is 8.11. The van der Waals surface area contributed by atoms with E-state index in [4.69, 9.17) is 28.8 Å². The standard InChI is InChI=1S/C58H34N4O2/c1-2-10-37(11-3-1)58-61-50(41-13-8-12-40(28-41)49-24-21-36-20-19-35-14-9-27-59-56(35)57(36)60-49)34-51(62-58)44-30-42(38-22-25-54-47(32-38)45-15-4-6-17-52(45)63-54)29-43(31-44)39-23-26-55-48(33-39)46-16-5-7-18-53(46)64-55/h1-34H. The molecule has 0 bridgehead atoms. The summed E-state index contributed by atoms with van der Waals surface area (Å²) in [7, 11) is 0. The molecule has 0 aliphatic rings. The molecule has 0 fully saturated rings. The number of hydrogen-bond acceptors (Lipinski definition) is 6. The maximum Gasteiger partial charge on any atom is 0.160 e. The van der Waals surface area contributed by atoms with Crippen LogP contribution in [0.4, 0.5) is 0 Å². The Morgan fingerprint density at radius 3 is 1.50 bits per heavy atom. The number of benzene rings is 8. The van der Waals surface area contributed by atoms with Crippen molar-refractivity contribution in [3.05, 3.63) is 206 Å². The summed E-state index contributed by atoms with van der Waals surface area (Å²) in [4.78, 5) is 20.4. The Morgan fingerprint density at radius 2 is 0.812 bits per heavy atom. The van der Waals surface area contributed by atoms with Gasteiger partial charge in [-0.05, 0) is 101 Å². The van der Waals surface area contributed by atoms with E-state index in [-0.39, 0.29) is 0 Å². The van der Waals surface area contributed by atoms with Crippen LogP contribution in [-0.4, -0.2) is 19.9 Å². The van der Waals surface area contributed by atoms with Crippen LogP contribution in [0.25, 0.3) is 133 Å². The number of aromatic nitrogens is 4. The van der Waals surface area contributed by atoms with Gasteiger partial charge >= 0.3 is 0 Å². The molecule has 13 aromatic rings. The zero-order chi connectivity index (χ0) is 42.1. The van der Waals surface area contributed by atoms with Crippen molar-refractivity contribution < 1.29 is 8.83 Å². The summed E-state index contributed by atoms with van der Waals surface area (Å²) in [5.74, 6) is 0.643. The molecule has 64 heavy (non-hydrogen) atoms. The minimum Gasteiger partial charge on any atom is -0.456 e. The van der Waals surface area contributed by atoms with E-state index >= 15 is 0 Å². The van der Waals surface area contributed by atoms with Crippen molar-refractivity contribution in [1.82, 2.24) is 19.9 Å². The first-order valence-corrected chi connectivity index (χ1v) is 21.3. The zero-order valence-corrected chi connectivity index (χ0v) is 34.2. The van der Waals surface area contributed by atoms with Gasteiger partial charge in [-0.1, -0.05) is 121 Å². The van der Waals surface area contributed by atoms with Gasteiger partial charge in [0.05, 0.1) is 28.1 Å². The molecular formula is C58H34N4O2. The Hall–Kier alpha value is -8.74. The van der Waals surface area contributed by atoms with Crippen LogP contribution >= 0.6 is 0 Å². The topological polar surface area (TPSA) is 77.8 Å². The fourth-order valence-electron chi connectivity index (χ4n) is 9.10. The molecule has 13 rings (SSSR count). The second kappa shape index (κ2) is 14.4. The van der Waals surface area contributed by atoms with Crippen molar-refractivity contribution in [2.45, 2.75) is 0 Å². The van der Waals surface area contributed by atoms with Crippen LogP contribution in [-0.2, 0) is 0 Å². The van der Waals surface area contributed by atoms with Crippen LogP contribution in [0.1, 0.15) is 0 Å². The maximum atomic E-state index is 6.25. The molecule has 5 aromatic heterocycles. The molecule has 0 N–H and O–H groups in total. The maximum absolute atomic E-state index is 6.25. The van der Waals surface area contributed by atoms with Crippen molar-refractivity contribution in [1.29, 1.82) is 0 Å². The molecule has 0 radical (unpaired) electrons. The average Bonchev–Trinajstić information content (AvgIpc) is 3.94. The van der Waals surface area contributed by atoms with Gasteiger partial charge in [0.15, 0.2) is 5.82 Å². The van der Waals surface area contributed by atoms with E-state index < -0.39 is 0 Å². The lowest BCUT2D eigenvalue weighted by atomic mass is 9.93. The molecule has 0 saturated heterocycles. The highest BCUT2D eigenvalue weighted by Crippen LogP contribution is 2.40. The van der Waals surface area contributed by atoms with Crippen molar-refractivity contribution in [3.8, 4) is 67.4 Å². The third-order valence-electron chi connectivity index (χ3n) is 12.3. The van der Waals surface area contributed by atoms with Gasteiger partial charge in [0.25, 0.3) is 0 Å². The quantitative estimate of drug-likeness (QED) is 0.156. The number of nitrogens with zero attached hydrogens (tertiary/aromatic N) is 4. The number of furan rings is 2. The molecule has 0 unspecified atom stereocenters. The lowest BCUT2D eigenvalue weighted by Crippen LogP contribution is -1.97. The molecule has 0 aliphatic carbocycles. The van der Waals surface area contributed by atoms with E-state index in [1.807, 2.05) is 54.7 Å². The summed E-state index contributed by atoms with van der Waals surface area (Å²) in [6, 6.07) is 69.3. The van der Waals surface area contributed by atoms with Crippen molar-refractivity contribution in [2.75, 3.05) is 0 Å². The summed E-state index contributed by atoms with van der Waals surface area (Å²) >= 11 is 0. The highest BCUT2D eigenvalue weighted by molar-refractivity contribution is 6.08. The fourth-order valence-corrected chi connectivity index (χ4v) is 9.10. The summed E-state index contributed by atoms with van der Waals surface area (Å²) in [5, 5.41) is 6.45. The Morgan fingerprint density at radius 1 is 0.281 bits per heavy atom. The predicted octanol–water partition coefficient (Wildman–Crippen LogP) is 15.4. The Balaban J connectivity index is 1.000. The van der Waals surface area contributed by atoms with E-state index in [2.05, 4.69) is 152 Å². The van der Waals surface area contributed by atoms with Crippen molar-refractivity contribution in [2.24, 2.45) is 0 Å². The lowest BCUT2D eigenvalue weighted by Gasteiger charge is -2.14. The second-order valence-electron chi connectivity index (χ2n) is 16.2. The number of para-hydroxylation sites is 2. The van der Waals surface area contributed by atoms with Crippen molar-refractivity contribution >= 4 is 65.7 Å². The summed E-state index contributed by atoms with van der Waals surface area (Å²) in [5.41, 5.74) is 15.8. The minimum absolute atomic E-state index is 0.643. The zero-order valence-electron chi connectivity index (χ0n) is 34.2. The Labute approximate surface area is 366 Å². The number of rotatable bonds is 6. The molecule has 0 amide bonds. The molecule has 0 spiro atoms. The molecule has 0 saturated carbocycles. The van der Waals surface area contributed by atoms with E-state index in [0.29, 0.717) is 5.82 Å². The van der Waals surface area contributed by atoms with Gasteiger partial charge in [0.1, 0.15) is 22.3 Å². The molecule has 6 heteroatoms. The van der Waals surface area contributed by atoms with Gasteiger partial charge in [0.2, 0.25) is 0 Å². The van der Waals surface area contributed by atoms with E-state index in [0.717, 1.165) is 127 Å². The first-order chi connectivity index (χ1) is 31.6. The van der Waals surface area contributed by atoms with Gasteiger partial charge in [-0.15, -0.1) is 0 Å². The molecule has 5 heterocycles. The van der Waals surface area contributed by atoms with Crippen LogP contribution in [0.5, 0.6) is 0 Å². The molecule has 0 aliphatic heterocycles. The van der Waals surface area contributed by atoms with Gasteiger partial charge in [-0.3, -0.25) is 4.98 Å². The summed E-state index contributed by atoms with van der Waals surface area (Å²) in [6.45, 7) is 0. The number of hydrogen-bond donors (Lipinski definition) is 0. The highest BCUT2D eigenvalue weighted by Gasteiger charge is 2.17. The smallest absolute Gasteiger partial charge is 0.160 e. The van der Waals surface area contributed by atoms with Gasteiger partial charge in [-0.2, -0.15) is 0 Å². The Bertz CT molecular complexity index is 3850. The molecule has 0 atom stereocenters. The van der Waals surface area contributed by atoms with Gasteiger partial charge < -0.3 is 8.83 Å². The third kappa shape index (κ3) is 6.11. The largest absolute Gasteiger partial charge is 0.456 e. The van der Waals surface area contributed by atoms with Crippen LogP contribution < -0.4 is 0 Å². The average molecular weight is 819 g/mol. The summed E-state index contributed by atoms with van der Waals surface area (Å²) in [6.07, 6.45) is 1.83. The van der Waals surface area contributed by atoms with E-state index in [1.165, 1.54) is 0 Å². The van der Waals surface area contributed by atoms with Crippen molar-refractivity contribution in [3.63, 3.8) is 0 Å². The molecular weight excluding hydrogens is 785 g/mol. The van der Waals surface area contributed by atoms with Crippen LogP contribution in [0.3, 0.4) is 0 Å². The van der Waals surface area contributed by atoms with Gasteiger partial charge in [-0.25, -0.2) is 15.0 Å². The molecule has 8 aromatic carbocycles. The fraction of sp³-hybridized carbons (Fsp3) is 0. The summed E-state index contributed by atoms with van der Waals surface area (Å²) < 4.78 is 12.5. The number of fused-ring (bicyclic) bond motifs is 9. The second-order valence-corrected chi connectivity index (χ2v) is 16.2. The first-order valence-electron chi connectivity index (χ1n) is 21.3. The van der Waals surface area contributed by atoms with E-state index in [9.17, 15) is 0 Å². The number of pyridine rings is 2. The monoisotopic (exact) mass is 818 g/mol. The first kappa shape index (κ1) is 36.0. The van der Waals surface area contributed by atoms with Crippen LogP contribution in [0, 0.1) is 0 Å². The predicted molar refractivity (Wildman–Crippen MR) is 260 cm³/mol. The van der Waals surface area contributed by atoms with Gasteiger partial charge in [0, 0.05) is 60.8 Å². The third-order valence-corrected chi connectivity index (χ3v) is 12.3. The van der Waals surface area contributed by atoms with Crippen LogP contribution in [0.15, 0.2) is 215 Å². The minimum atomic E-state index is 0.643.